The second-order valence-corrected chi connectivity index (χ2v) is 8.14. The maximum absolute atomic E-state index is 13.3. The van der Waals surface area contributed by atoms with Gasteiger partial charge in [0, 0.05) is 50.0 Å². The van der Waals surface area contributed by atoms with Crippen LogP contribution in [-0.2, 0) is 14.3 Å². The van der Waals surface area contributed by atoms with Crippen LogP contribution < -0.4 is 0 Å². The maximum Gasteiger partial charge on any atom is 0.277 e. The first-order chi connectivity index (χ1) is 14.0. The first kappa shape index (κ1) is 22.1. The Hall–Kier alpha value is -1.60. The highest BCUT2D eigenvalue weighted by Crippen LogP contribution is 2.37. The van der Waals surface area contributed by atoms with Gasteiger partial charge in [-0.25, -0.2) is 0 Å². The van der Waals surface area contributed by atoms with Crippen molar-refractivity contribution in [1.82, 2.24) is 9.80 Å². The zero-order valence-corrected chi connectivity index (χ0v) is 18.0. The Labute approximate surface area is 181 Å². The molecule has 1 N–H and O–H groups in total. The van der Waals surface area contributed by atoms with Gasteiger partial charge >= 0.3 is 0 Å². The molecule has 1 fully saturated rings. The molecule has 8 heteroatoms. The summed E-state index contributed by atoms with van der Waals surface area (Å²) in [6.45, 7) is 4.51. The molecule has 1 unspecified atom stereocenters. The Kier molecular flexibility index (Phi) is 7.57. The summed E-state index contributed by atoms with van der Waals surface area (Å²) in [5, 5.41) is 10.4. The molecule has 0 bridgehead atoms. The van der Waals surface area contributed by atoms with Gasteiger partial charge in [-0.15, -0.1) is 0 Å². The van der Waals surface area contributed by atoms with Crippen molar-refractivity contribution in [3.8, 4) is 0 Å². The molecule has 158 valence electrons. The summed E-state index contributed by atoms with van der Waals surface area (Å²) in [6, 6.07) is 4.92. The Morgan fingerprint density at radius 1 is 1.24 bits per heavy atom. The molecule has 6 nitrogen and oxygen atoms in total. The molecule has 2 heterocycles. The van der Waals surface area contributed by atoms with E-state index in [1.807, 2.05) is 11.8 Å². The average Bonchev–Trinajstić information content (AvgIpc) is 2.95. The van der Waals surface area contributed by atoms with Gasteiger partial charge in [-0.3, -0.25) is 14.5 Å². The Bertz CT molecular complexity index is 812. The zero-order valence-electron chi connectivity index (χ0n) is 16.5. The lowest BCUT2D eigenvalue weighted by molar-refractivity contribution is -0.137. The molecule has 0 aromatic heterocycles. The highest BCUT2D eigenvalue weighted by molar-refractivity contribution is 6.41. The number of halogens is 2. The van der Waals surface area contributed by atoms with E-state index in [1.54, 1.807) is 18.2 Å². The standard InChI is InChI=1S/C21H26Cl2N2O4/c1-2-29-10-4-9-25-20(27)18(16-7-6-15(22)11-17(16)23)19(21(25)28)24-8-3-5-14(12-24)13-26/h6-7,11,14,26H,2-5,8-10,12-13H2,1H3. The smallest absolute Gasteiger partial charge is 0.277 e. The number of hydrogen-bond acceptors (Lipinski definition) is 5. The van der Waals surface area contributed by atoms with E-state index in [9.17, 15) is 14.7 Å². The number of hydrogen-bond donors (Lipinski definition) is 1. The molecule has 1 aromatic carbocycles. The van der Waals surface area contributed by atoms with Crippen LogP contribution >= 0.6 is 23.2 Å². The lowest BCUT2D eigenvalue weighted by Crippen LogP contribution is -2.40. The van der Waals surface area contributed by atoms with Crippen molar-refractivity contribution in [1.29, 1.82) is 0 Å². The van der Waals surface area contributed by atoms with Crippen LogP contribution in [0.3, 0.4) is 0 Å². The third-order valence-corrected chi connectivity index (χ3v) is 5.86. The Morgan fingerprint density at radius 3 is 2.72 bits per heavy atom. The minimum atomic E-state index is -0.350. The molecule has 1 saturated heterocycles. The van der Waals surface area contributed by atoms with Gasteiger partial charge in [0.25, 0.3) is 11.8 Å². The van der Waals surface area contributed by atoms with Gasteiger partial charge in [0.05, 0.1) is 10.6 Å². The largest absolute Gasteiger partial charge is 0.396 e. The van der Waals surface area contributed by atoms with Crippen LogP contribution in [0.2, 0.25) is 10.0 Å². The van der Waals surface area contributed by atoms with Crippen molar-refractivity contribution in [2.75, 3.05) is 39.5 Å². The van der Waals surface area contributed by atoms with E-state index in [4.69, 9.17) is 27.9 Å². The van der Waals surface area contributed by atoms with Crippen LogP contribution in [0, 0.1) is 5.92 Å². The number of carbonyl (C=O) groups excluding carboxylic acids is 2. The van der Waals surface area contributed by atoms with Crippen LogP contribution in [0.25, 0.3) is 5.57 Å². The number of carbonyl (C=O) groups is 2. The molecule has 0 spiro atoms. The van der Waals surface area contributed by atoms with Gasteiger partial charge in [-0.2, -0.15) is 0 Å². The fourth-order valence-electron chi connectivity index (χ4n) is 3.88. The van der Waals surface area contributed by atoms with Crippen molar-refractivity contribution in [2.45, 2.75) is 26.2 Å². The van der Waals surface area contributed by atoms with E-state index in [2.05, 4.69) is 0 Å². The monoisotopic (exact) mass is 440 g/mol. The number of likely N-dealkylation sites (tertiary alicyclic amines) is 1. The van der Waals surface area contributed by atoms with E-state index < -0.39 is 0 Å². The van der Waals surface area contributed by atoms with E-state index in [1.165, 1.54) is 4.90 Å². The van der Waals surface area contributed by atoms with Gasteiger partial charge in [0.15, 0.2) is 0 Å². The quantitative estimate of drug-likeness (QED) is 0.496. The van der Waals surface area contributed by atoms with Gasteiger partial charge in [0.2, 0.25) is 0 Å². The van der Waals surface area contributed by atoms with Crippen LogP contribution in [-0.4, -0.2) is 66.2 Å². The molecule has 0 radical (unpaired) electrons. The molecular weight excluding hydrogens is 415 g/mol. The summed E-state index contributed by atoms with van der Waals surface area (Å²) in [5.41, 5.74) is 1.18. The lowest BCUT2D eigenvalue weighted by Gasteiger charge is -2.34. The van der Waals surface area contributed by atoms with Crippen molar-refractivity contribution < 1.29 is 19.4 Å². The molecule has 0 aliphatic carbocycles. The normalized spacial score (nSPS) is 20.2. The van der Waals surface area contributed by atoms with E-state index in [-0.39, 0.29) is 30.9 Å². The minimum absolute atomic E-state index is 0.0566. The number of rotatable bonds is 8. The predicted octanol–water partition coefficient (Wildman–Crippen LogP) is 3.20. The lowest BCUT2D eigenvalue weighted by atomic mass is 9.97. The van der Waals surface area contributed by atoms with Gasteiger partial charge in [-0.05, 0) is 44.2 Å². The van der Waals surface area contributed by atoms with Crippen LogP contribution in [0.1, 0.15) is 31.7 Å². The van der Waals surface area contributed by atoms with E-state index >= 15 is 0 Å². The van der Waals surface area contributed by atoms with Gasteiger partial charge < -0.3 is 14.7 Å². The number of ether oxygens (including phenoxy) is 1. The van der Waals surface area contributed by atoms with Crippen molar-refractivity contribution in [3.05, 3.63) is 39.5 Å². The van der Waals surface area contributed by atoms with Crippen LogP contribution in [0.15, 0.2) is 23.9 Å². The molecule has 2 aliphatic rings. The fourth-order valence-corrected chi connectivity index (χ4v) is 4.38. The summed E-state index contributed by atoms with van der Waals surface area (Å²) >= 11 is 12.4. The fraction of sp³-hybridized carbons (Fsp3) is 0.524. The second kappa shape index (κ2) is 9.94. The van der Waals surface area contributed by atoms with Crippen molar-refractivity contribution >= 4 is 40.6 Å². The highest BCUT2D eigenvalue weighted by atomic mass is 35.5. The maximum atomic E-state index is 13.3. The SMILES string of the molecule is CCOCCCN1C(=O)C(c2ccc(Cl)cc2Cl)=C(N2CCCC(CO)C2)C1=O. The minimum Gasteiger partial charge on any atom is -0.396 e. The summed E-state index contributed by atoms with van der Waals surface area (Å²) in [4.78, 5) is 29.7. The summed E-state index contributed by atoms with van der Waals surface area (Å²) in [6.07, 6.45) is 2.32. The number of aliphatic hydroxyl groups is 1. The molecule has 2 aliphatic heterocycles. The molecular formula is C21H26Cl2N2O4. The zero-order chi connectivity index (χ0) is 21.0. The molecule has 2 amide bonds. The summed E-state index contributed by atoms with van der Waals surface area (Å²) in [5.74, 6) is -0.587. The van der Waals surface area contributed by atoms with Crippen molar-refractivity contribution in [3.63, 3.8) is 0 Å². The molecule has 29 heavy (non-hydrogen) atoms. The third kappa shape index (κ3) is 4.77. The number of aliphatic hydroxyl groups excluding tert-OH is 1. The number of benzene rings is 1. The topological polar surface area (TPSA) is 70.1 Å². The van der Waals surface area contributed by atoms with E-state index in [0.717, 1.165) is 12.8 Å². The van der Waals surface area contributed by atoms with Crippen LogP contribution in [0.5, 0.6) is 0 Å². The molecule has 1 aromatic rings. The van der Waals surface area contributed by atoms with Gasteiger partial charge in [0.1, 0.15) is 5.70 Å². The Morgan fingerprint density at radius 2 is 2.03 bits per heavy atom. The predicted molar refractivity (Wildman–Crippen MR) is 113 cm³/mol. The average molecular weight is 441 g/mol. The summed E-state index contributed by atoms with van der Waals surface area (Å²) in [7, 11) is 0. The highest BCUT2D eigenvalue weighted by Gasteiger charge is 2.42. The van der Waals surface area contributed by atoms with Crippen molar-refractivity contribution in [2.24, 2.45) is 5.92 Å². The van der Waals surface area contributed by atoms with Crippen LogP contribution in [0.4, 0.5) is 0 Å². The van der Waals surface area contributed by atoms with E-state index in [0.29, 0.717) is 59.6 Å². The number of piperidine rings is 1. The third-order valence-electron chi connectivity index (χ3n) is 5.31. The second-order valence-electron chi connectivity index (χ2n) is 7.30. The number of amides is 2. The van der Waals surface area contributed by atoms with Gasteiger partial charge in [-0.1, -0.05) is 29.3 Å². The number of nitrogens with zero attached hydrogens (tertiary/aromatic N) is 2. The Balaban J connectivity index is 1.97. The number of imide groups is 1. The first-order valence-electron chi connectivity index (χ1n) is 9.97. The summed E-state index contributed by atoms with van der Waals surface area (Å²) < 4.78 is 5.34. The molecule has 3 rings (SSSR count). The molecule has 0 saturated carbocycles. The first-order valence-corrected chi connectivity index (χ1v) is 10.7. The molecule has 1 atom stereocenters.